The maximum Gasteiger partial charge on any atom is 0.228 e. The first-order valence-corrected chi connectivity index (χ1v) is 8.96. The molecule has 1 atom stereocenters. The molecule has 2 fully saturated rings. The molecular weight excluding hydrogens is 323 g/mol. The van der Waals surface area contributed by atoms with Crippen molar-refractivity contribution >= 4 is 17.5 Å². The van der Waals surface area contributed by atoms with Crippen LogP contribution in [-0.4, -0.2) is 49.1 Å². The lowest BCUT2D eigenvalue weighted by atomic mass is 10.0. The fourth-order valence-corrected chi connectivity index (χ4v) is 3.61. The number of carbonyl (C=O) groups is 2. The molecule has 6 heteroatoms. The molecule has 2 aliphatic rings. The minimum absolute atomic E-state index is 0.0263. The zero-order valence-electron chi connectivity index (χ0n) is 14.8. The summed E-state index contributed by atoms with van der Waals surface area (Å²) in [5.74, 6) is -0.775. The lowest BCUT2D eigenvalue weighted by molar-refractivity contribution is -0.138. The predicted molar refractivity (Wildman–Crippen MR) is 92.8 cm³/mol. The summed E-state index contributed by atoms with van der Waals surface area (Å²) in [6, 6.07) is 4.76. The Hall–Kier alpha value is -1.95. The van der Waals surface area contributed by atoms with Crippen LogP contribution in [0.4, 0.5) is 10.1 Å². The molecule has 2 amide bonds. The highest BCUT2D eigenvalue weighted by molar-refractivity contribution is 6.00. The van der Waals surface area contributed by atoms with Crippen LogP contribution in [-0.2, 0) is 14.3 Å². The third-order valence-electron chi connectivity index (χ3n) is 5.10. The van der Waals surface area contributed by atoms with Crippen LogP contribution in [0.25, 0.3) is 0 Å². The van der Waals surface area contributed by atoms with Crippen molar-refractivity contribution in [3.63, 3.8) is 0 Å². The van der Waals surface area contributed by atoms with E-state index < -0.39 is 0 Å². The number of piperidine rings is 1. The second kappa shape index (κ2) is 7.52. The molecule has 0 unspecified atom stereocenters. The van der Waals surface area contributed by atoms with E-state index in [-0.39, 0.29) is 36.1 Å². The molecule has 1 aromatic carbocycles. The molecule has 0 bridgehead atoms. The quantitative estimate of drug-likeness (QED) is 0.840. The van der Waals surface area contributed by atoms with E-state index in [1.54, 1.807) is 19.1 Å². The molecule has 25 heavy (non-hydrogen) atoms. The summed E-state index contributed by atoms with van der Waals surface area (Å²) in [5, 5.41) is 0. The molecule has 0 saturated carbocycles. The lowest BCUT2D eigenvalue weighted by Gasteiger charge is -2.33. The van der Waals surface area contributed by atoms with Crippen molar-refractivity contribution in [3.8, 4) is 0 Å². The van der Waals surface area contributed by atoms with Crippen molar-refractivity contribution in [2.24, 2.45) is 5.92 Å². The summed E-state index contributed by atoms with van der Waals surface area (Å²) in [6.07, 6.45) is 2.10. The topological polar surface area (TPSA) is 49.9 Å². The molecule has 1 aromatic rings. The zero-order chi connectivity index (χ0) is 18.0. The Morgan fingerprint density at radius 1 is 1.32 bits per heavy atom. The van der Waals surface area contributed by atoms with Crippen LogP contribution in [0.5, 0.6) is 0 Å². The van der Waals surface area contributed by atoms with Crippen molar-refractivity contribution in [3.05, 3.63) is 29.6 Å². The van der Waals surface area contributed by atoms with E-state index in [1.807, 2.05) is 11.8 Å². The van der Waals surface area contributed by atoms with Crippen LogP contribution in [0.1, 0.15) is 31.7 Å². The van der Waals surface area contributed by atoms with Crippen LogP contribution < -0.4 is 4.90 Å². The fourth-order valence-electron chi connectivity index (χ4n) is 3.61. The highest BCUT2D eigenvalue weighted by Crippen LogP contribution is 2.28. The molecule has 0 aliphatic carbocycles. The number of nitrogens with zero attached hydrogens (tertiary/aromatic N) is 2. The Labute approximate surface area is 147 Å². The van der Waals surface area contributed by atoms with Crippen molar-refractivity contribution < 1.29 is 18.7 Å². The Bertz CT molecular complexity index is 656. The number of halogens is 1. The number of carbonyl (C=O) groups excluding carboxylic acids is 2. The minimum Gasteiger partial charge on any atom is -0.378 e. The van der Waals surface area contributed by atoms with Crippen LogP contribution in [0.15, 0.2) is 18.2 Å². The van der Waals surface area contributed by atoms with Gasteiger partial charge in [-0.3, -0.25) is 9.59 Å². The van der Waals surface area contributed by atoms with Crippen LogP contribution >= 0.6 is 0 Å². The first-order valence-electron chi connectivity index (χ1n) is 8.96. The van der Waals surface area contributed by atoms with Gasteiger partial charge in [0, 0.05) is 38.3 Å². The van der Waals surface area contributed by atoms with E-state index in [4.69, 9.17) is 4.74 Å². The van der Waals surface area contributed by atoms with Gasteiger partial charge in [-0.15, -0.1) is 0 Å². The van der Waals surface area contributed by atoms with Gasteiger partial charge in [0.2, 0.25) is 11.8 Å². The van der Waals surface area contributed by atoms with E-state index in [0.717, 1.165) is 12.8 Å². The summed E-state index contributed by atoms with van der Waals surface area (Å²) in [7, 11) is 0. The first-order chi connectivity index (χ1) is 12.0. The fraction of sp³-hybridized carbons (Fsp3) is 0.579. The second-order valence-corrected chi connectivity index (χ2v) is 6.82. The highest BCUT2D eigenvalue weighted by atomic mass is 19.1. The van der Waals surface area contributed by atoms with Gasteiger partial charge >= 0.3 is 0 Å². The number of ether oxygens (including phenoxy) is 1. The van der Waals surface area contributed by atoms with E-state index in [2.05, 4.69) is 0 Å². The third kappa shape index (κ3) is 3.84. The molecule has 136 valence electrons. The van der Waals surface area contributed by atoms with Gasteiger partial charge in [0.1, 0.15) is 5.82 Å². The molecule has 0 radical (unpaired) electrons. The normalized spacial score (nSPS) is 21.9. The van der Waals surface area contributed by atoms with Gasteiger partial charge in [0.05, 0.1) is 12.0 Å². The molecule has 2 aliphatic heterocycles. The summed E-state index contributed by atoms with van der Waals surface area (Å²) >= 11 is 0. The number of hydrogen-bond donors (Lipinski definition) is 0. The third-order valence-corrected chi connectivity index (χ3v) is 5.10. The number of anilines is 1. The molecule has 3 rings (SSSR count). The van der Waals surface area contributed by atoms with E-state index in [9.17, 15) is 14.0 Å². The Morgan fingerprint density at radius 3 is 2.68 bits per heavy atom. The van der Waals surface area contributed by atoms with Gasteiger partial charge < -0.3 is 14.5 Å². The SMILES string of the molecule is CCOC1CCN(C(=O)[C@H]2CC(=O)N(c3ccc(C)c(F)c3)C2)CC1. The first kappa shape index (κ1) is 17.9. The molecule has 2 saturated heterocycles. The number of rotatable bonds is 4. The Morgan fingerprint density at radius 2 is 2.04 bits per heavy atom. The maximum absolute atomic E-state index is 13.8. The smallest absolute Gasteiger partial charge is 0.228 e. The van der Waals surface area contributed by atoms with Gasteiger partial charge in [-0.05, 0) is 44.4 Å². The van der Waals surface area contributed by atoms with Gasteiger partial charge in [0.25, 0.3) is 0 Å². The average Bonchev–Trinajstić information content (AvgIpc) is 2.99. The van der Waals surface area contributed by atoms with Crippen molar-refractivity contribution in [1.82, 2.24) is 4.90 Å². The average molecular weight is 348 g/mol. The van der Waals surface area contributed by atoms with Crippen molar-refractivity contribution in [1.29, 1.82) is 0 Å². The predicted octanol–water partition coefficient (Wildman–Crippen LogP) is 2.51. The molecule has 0 aromatic heterocycles. The van der Waals surface area contributed by atoms with Crippen LogP contribution in [0.3, 0.4) is 0 Å². The largest absolute Gasteiger partial charge is 0.378 e. The van der Waals surface area contributed by atoms with Gasteiger partial charge in [-0.1, -0.05) is 6.07 Å². The molecular formula is C19H25FN2O3. The van der Waals surface area contributed by atoms with E-state index in [0.29, 0.717) is 37.5 Å². The van der Waals surface area contributed by atoms with Crippen molar-refractivity contribution in [2.45, 2.75) is 39.2 Å². The molecule has 0 spiro atoms. The Kier molecular flexibility index (Phi) is 5.37. The Balaban J connectivity index is 1.62. The number of likely N-dealkylation sites (tertiary alicyclic amines) is 1. The second-order valence-electron chi connectivity index (χ2n) is 6.82. The number of hydrogen-bond acceptors (Lipinski definition) is 3. The van der Waals surface area contributed by atoms with E-state index in [1.165, 1.54) is 11.0 Å². The van der Waals surface area contributed by atoms with Crippen LogP contribution in [0, 0.1) is 18.7 Å². The standard InChI is InChI=1S/C19H25FN2O3/c1-3-25-16-6-8-21(9-7-16)19(24)14-10-18(23)22(12-14)15-5-4-13(2)17(20)11-15/h4-5,11,14,16H,3,6-10,12H2,1-2H3/t14-/m0/s1. The van der Waals surface area contributed by atoms with Crippen LogP contribution in [0.2, 0.25) is 0 Å². The molecule has 5 nitrogen and oxygen atoms in total. The van der Waals surface area contributed by atoms with Gasteiger partial charge in [-0.2, -0.15) is 0 Å². The van der Waals surface area contributed by atoms with Crippen molar-refractivity contribution in [2.75, 3.05) is 31.1 Å². The summed E-state index contributed by atoms with van der Waals surface area (Å²) < 4.78 is 19.4. The van der Waals surface area contributed by atoms with Gasteiger partial charge in [-0.25, -0.2) is 4.39 Å². The number of benzene rings is 1. The number of aryl methyl sites for hydroxylation is 1. The maximum atomic E-state index is 13.8. The summed E-state index contributed by atoms with van der Waals surface area (Å²) in [6.45, 7) is 6.03. The van der Waals surface area contributed by atoms with Gasteiger partial charge in [0.15, 0.2) is 0 Å². The summed E-state index contributed by atoms with van der Waals surface area (Å²) in [4.78, 5) is 28.4. The highest BCUT2D eigenvalue weighted by Gasteiger charge is 2.38. The minimum atomic E-state index is -0.347. The summed E-state index contributed by atoms with van der Waals surface area (Å²) in [5.41, 5.74) is 1.07. The van der Waals surface area contributed by atoms with E-state index >= 15 is 0 Å². The molecule has 2 heterocycles. The number of amides is 2. The monoisotopic (exact) mass is 348 g/mol. The molecule has 0 N–H and O–H groups in total. The lowest BCUT2D eigenvalue weighted by Crippen LogP contribution is -2.44. The zero-order valence-corrected chi connectivity index (χ0v) is 14.8.